The number of amides is 1. The molecule has 160 valence electrons. The van der Waals surface area contributed by atoms with Crippen molar-refractivity contribution in [3.8, 4) is 11.5 Å². The van der Waals surface area contributed by atoms with Crippen LogP contribution in [-0.4, -0.2) is 30.7 Å². The number of carbonyl (C=O) groups excluding carboxylic acids is 1. The molecule has 5 nitrogen and oxygen atoms in total. The number of halogens is 2. The second kappa shape index (κ2) is 11.7. The van der Waals surface area contributed by atoms with Gasteiger partial charge in [-0.05, 0) is 58.2 Å². The number of ether oxygens (including phenoxy) is 2. The van der Waals surface area contributed by atoms with Crippen molar-refractivity contribution in [3.05, 3.63) is 22.7 Å². The first kappa shape index (κ1) is 24.9. The fourth-order valence-corrected chi connectivity index (χ4v) is 3.58. The lowest BCUT2D eigenvalue weighted by molar-refractivity contribution is -0.124. The van der Waals surface area contributed by atoms with E-state index in [-0.39, 0.29) is 30.5 Å². The summed E-state index contributed by atoms with van der Waals surface area (Å²) in [6, 6.07) is 4.41. The van der Waals surface area contributed by atoms with Crippen molar-refractivity contribution >= 4 is 29.9 Å². The molecule has 1 aliphatic rings. The average molecular weight is 433 g/mol. The van der Waals surface area contributed by atoms with E-state index in [1.807, 2.05) is 39.8 Å². The van der Waals surface area contributed by atoms with Crippen molar-refractivity contribution in [2.45, 2.75) is 77.9 Å². The third-order valence-electron chi connectivity index (χ3n) is 4.43. The maximum atomic E-state index is 12.0. The number of hydrogen-bond donors (Lipinski definition) is 2. The molecule has 2 N–H and O–H groups in total. The fraction of sp³-hybridized carbons (Fsp3) is 0.667. The summed E-state index contributed by atoms with van der Waals surface area (Å²) in [7, 11) is 0. The van der Waals surface area contributed by atoms with Crippen LogP contribution in [0.4, 0.5) is 0 Å². The van der Waals surface area contributed by atoms with Crippen LogP contribution in [-0.2, 0) is 11.3 Å². The lowest BCUT2D eigenvalue weighted by Crippen LogP contribution is -2.43. The molecule has 28 heavy (non-hydrogen) atoms. The summed E-state index contributed by atoms with van der Waals surface area (Å²) in [5, 5.41) is 6.94. The predicted molar refractivity (Wildman–Crippen MR) is 117 cm³/mol. The molecule has 0 radical (unpaired) electrons. The molecule has 0 aliphatic heterocycles. The van der Waals surface area contributed by atoms with E-state index in [1.54, 1.807) is 0 Å². The lowest BCUT2D eigenvalue weighted by atomic mass is 9.95. The van der Waals surface area contributed by atoms with Gasteiger partial charge in [-0.3, -0.25) is 4.79 Å². The predicted octanol–water partition coefficient (Wildman–Crippen LogP) is 4.88. The van der Waals surface area contributed by atoms with Gasteiger partial charge in [0, 0.05) is 18.1 Å². The maximum absolute atomic E-state index is 12.0. The highest BCUT2D eigenvalue weighted by Crippen LogP contribution is 2.37. The molecule has 0 unspecified atom stereocenters. The molecule has 1 fully saturated rings. The number of nitrogens with one attached hydrogen (secondary N) is 2. The number of benzene rings is 1. The Morgan fingerprint density at radius 1 is 1.18 bits per heavy atom. The summed E-state index contributed by atoms with van der Waals surface area (Å²) >= 11 is 6.44. The topological polar surface area (TPSA) is 59.6 Å². The van der Waals surface area contributed by atoms with Gasteiger partial charge in [0.2, 0.25) is 0 Å². The molecule has 0 bridgehead atoms. The van der Waals surface area contributed by atoms with E-state index < -0.39 is 0 Å². The zero-order chi connectivity index (χ0) is 19.9. The van der Waals surface area contributed by atoms with Crippen LogP contribution in [0.15, 0.2) is 12.1 Å². The van der Waals surface area contributed by atoms with E-state index in [9.17, 15) is 4.79 Å². The summed E-state index contributed by atoms with van der Waals surface area (Å²) in [6.45, 7) is 8.84. The Labute approximate surface area is 180 Å². The van der Waals surface area contributed by atoms with E-state index in [4.69, 9.17) is 21.1 Å². The van der Waals surface area contributed by atoms with Crippen LogP contribution in [0.25, 0.3) is 0 Å². The molecular formula is C21H34Cl2N2O3. The van der Waals surface area contributed by atoms with Crippen LogP contribution in [0.5, 0.6) is 11.5 Å². The van der Waals surface area contributed by atoms with Gasteiger partial charge in [-0.25, -0.2) is 0 Å². The molecule has 7 heteroatoms. The van der Waals surface area contributed by atoms with E-state index >= 15 is 0 Å². The summed E-state index contributed by atoms with van der Waals surface area (Å²) in [6.07, 6.45) is 6.40. The minimum Gasteiger partial charge on any atom is -0.490 e. The van der Waals surface area contributed by atoms with Crippen LogP contribution >= 0.6 is 24.0 Å². The largest absolute Gasteiger partial charge is 0.490 e. The van der Waals surface area contributed by atoms with E-state index in [2.05, 4.69) is 10.6 Å². The van der Waals surface area contributed by atoms with E-state index in [0.29, 0.717) is 29.2 Å². The monoisotopic (exact) mass is 432 g/mol. The van der Waals surface area contributed by atoms with Gasteiger partial charge in [-0.15, -0.1) is 12.4 Å². The normalized spacial score (nSPS) is 14.9. The summed E-state index contributed by atoms with van der Waals surface area (Å²) in [4.78, 5) is 12.0. The van der Waals surface area contributed by atoms with Gasteiger partial charge < -0.3 is 20.1 Å². The van der Waals surface area contributed by atoms with Crippen molar-refractivity contribution in [1.82, 2.24) is 10.6 Å². The van der Waals surface area contributed by atoms with Gasteiger partial charge in [0.25, 0.3) is 5.91 Å². The molecular weight excluding hydrogens is 399 g/mol. The van der Waals surface area contributed by atoms with E-state index in [1.165, 1.54) is 32.1 Å². The van der Waals surface area contributed by atoms with Crippen molar-refractivity contribution in [1.29, 1.82) is 0 Å². The first-order valence-electron chi connectivity index (χ1n) is 9.91. The van der Waals surface area contributed by atoms with Gasteiger partial charge in [0.1, 0.15) is 0 Å². The second-order valence-electron chi connectivity index (χ2n) is 8.14. The Hall–Kier alpha value is -1.17. The van der Waals surface area contributed by atoms with Crippen LogP contribution in [0, 0.1) is 0 Å². The van der Waals surface area contributed by atoms with Crippen molar-refractivity contribution in [2.75, 3.05) is 13.2 Å². The number of hydrogen-bond acceptors (Lipinski definition) is 4. The lowest BCUT2D eigenvalue weighted by Gasteiger charge is -2.23. The quantitative estimate of drug-likeness (QED) is 0.614. The fourth-order valence-electron chi connectivity index (χ4n) is 3.29. The second-order valence-corrected chi connectivity index (χ2v) is 8.55. The maximum Gasteiger partial charge on any atom is 0.258 e. The van der Waals surface area contributed by atoms with Gasteiger partial charge >= 0.3 is 0 Å². The van der Waals surface area contributed by atoms with Gasteiger partial charge in [0.15, 0.2) is 18.1 Å². The first-order valence-corrected chi connectivity index (χ1v) is 10.3. The highest BCUT2D eigenvalue weighted by molar-refractivity contribution is 6.32. The zero-order valence-electron chi connectivity index (χ0n) is 17.4. The first-order chi connectivity index (χ1) is 12.8. The Balaban J connectivity index is 0.00000392. The Bertz CT molecular complexity index is 627. The van der Waals surface area contributed by atoms with Crippen LogP contribution in [0.2, 0.25) is 5.02 Å². The Morgan fingerprint density at radius 2 is 1.86 bits per heavy atom. The molecule has 0 heterocycles. The minimum absolute atomic E-state index is 0. The molecule has 0 atom stereocenters. The van der Waals surface area contributed by atoms with E-state index in [0.717, 1.165) is 12.1 Å². The SMILES string of the molecule is CCOc1cc(CNC2CCCCC2)cc(Cl)c1OCC(=O)NC(C)(C)C.Cl. The van der Waals surface area contributed by atoms with Crippen LogP contribution < -0.4 is 20.1 Å². The number of carbonyl (C=O) groups is 1. The van der Waals surface area contributed by atoms with Crippen molar-refractivity contribution in [2.24, 2.45) is 0 Å². The van der Waals surface area contributed by atoms with Crippen LogP contribution in [0.1, 0.15) is 65.4 Å². The average Bonchev–Trinajstić information content (AvgIpc) is 2.59. The molecule has 1 saturated carbocycles. The zero-order valence-corrected chi connectivity index (χ0v) is 19.0. The highest BCUT2D eigenvalue weighted by Gasteiger charge is 2.18. The molecule has 0 spiro atoms. The molecule has 2 rings (SSSR count). The summed E-state index contributed by atoms with van der Waals surface area (Å²) in [5.41, 5.74) is 0.752. The number of rotatable bonds is 8. The third-order valence-corrected chi connectivity index (χ3v) is 4.71. The van der Waals surface area contributed by atoms with Crippen molar-refractivity contribution in [3.63, 3.8) is 0 Å². The Kier molecular flexibility index (Phi) is 10.4. The minimum atomic E-state index is -0.304. The molecule has 1 aromatic carbocycles. The molecule has 1 aromatic rings. The summed E-state index contributed by atoms with van der Waals surface area (Å²) in [5.74, 6) is 0.807. The van der Waals surface area contributed by atoms with Gasteiger partial charge in [-0.1, -0.05) is 30.9 Å². The highest BCUT2D eigenvalue weighted by atomic mass is 35.5. The molecule has 1 amide bonds. The molecule has 0 aromatic heterocycles. The molecule has 0 saturated heterocycles. The standard InChI is InChI=1S/C21H33ClN2O3.ClH/c1-5-26-18-12-15(13-23-16-9-7-6-8-10-16)11-17(22)20(18)27-14-19(25)24-21(2,3)4;/h11-12,16,23H,5-10,13-14H2,1-4H3,(H,24,25);1H. The smallest absolute Gasteiger partial charge is 0.258 e. The van der Waals surface area contributed by atoms with Crippen LogP contribution in [0.3, 0.4) is 0 Å². The van der Waals surface area contributed by atoms with Gasteiger partial charge in [-0.2, -0.15) is 0 Å². The third kappa shape index (κ3) is 8.46. The van der Waals surface area contributed by atoms with Gasteiger partial charge in [0.05, 0.1) is 11.6 Å². The Morgan fingerprint density at radius 3 is 2.46 bits per heavy atom. The van der Waals surface area contributed by atoms with Crippen molar-refractivity contribution < 1.29 is 14.3 Å². The molecule has 1 aliphatic carbocycles. The summed E-state index contributed by atoms with van der Waals surface area (Å²) < 4.78 is 11.4.